The van der Waals surface area contributed by atoms with Crippen molar-refractivity contribution in [1.29, 1.82) is 0 Å². The van der Waals surface area contributed by atoms with Gasteiger partial charge in [0.1, 0.15) is 0 Å². The van der Waals surface area contributed by atoms with Crippen molar-refractivity contribution in [2.75, 3.05) is 28.4 Å². The van der Waals surface area contributed by atoms with Gasteiger partial charge in [0.25, 0.3) is 0 Å². The first-order valence-corrected chi connectivity index (χ1v) is 36.4. The molecule has 0 saturated carbocycles. The molecule has 0 fully saturated rings. The smallest absolute Gasteiger partial charge is 0.338 e. The van der Waals surface area contributed by atoms with Gasteiger partial charge in [0.15, 0.2) is 0 Å². The lowest BCUT2D eigenvalue weighted by molar-refractivity contribution is 0.0558. The normalized spacial score (nSPS) is 12.5. The Hall–Kier alpha value is -5.67. The summed E-state index contributed by atoms with van der Waals surface area (Å²) < 4.78 is 22.2. The molecular formula is C54H62O8Si4. The minimum absolute atomic E-state index is 0.291. The van der Waals surface area contributed by atoms with Crippen molar-refractivity contribution in [2.24, 2.45) is 0 Å². The molecular weight excluding hydrogens is 889 g/mol. The van der Waals surface area contributed by atoms with E-state index in [0.717, 1.165) is 86.1 Å². The first-order valence-electron chi connectivity index (χ1n) is 22.4. The molecule has 0 aliphatic rings. The summed E-state index contributed by atoms with van der Waals surface area (Å²) in [5.74, 6) is -2.23. The standard InChI is InChI=1S/C54H62O8Si4/c1-59-51(55)43-44(52(56)60-2)48(64(8,9)10)38-28-34-33(27-37(38)47(43)63(5,6)7)41(31-23-19-17-20-24-31)35-29-39-40(30-36(35)42(34)32-25-21-18-22-26-32)50(66(14,15)16)46(54(58)62-4)45(53(57)61-3)49(39)65(11,12)13/h17-30H,1-16H3. The summed E-state index contributed by atoms with van der Waals surface area (Å²) in [6.45, 7) is 26.4. The third-order valence-electron chi connectivity index (χ3n) is 12.7. The minimum Gasteiger partial charge on any atom is -0.465 e. The molecule has 0 radical (unpaired) electrons. The summed E-state index contributed by atoms with van der Waals surface area (Å²) in [6, 6.07) is 29.8. The van der Waals surface area contributed by atoms with Crippen molar-refractivity contribution in [3.63, 3.8) is 0 Å². The number of carbonyl (C=O) groups is 4. The van der Waals surface area contributed by atoms with E-state index in [4.69, 9.17) is 18.9 Å². The number of esters is 4. The van der Waals surface area contributed by atoms with Gasteiger partial charge in [-0.1, -0.05) is 139 Å². The van der Waals surface area contributed by atoms with Crippen LogP contribution in [0.3, 0.4) is 0 Å². The number of hydrogen-bond acceptors (Lipinski definition) is 8. The summed E-state index contributed by atoms with van der Waals surface area (Å²) in [5, 5.41) is 10.9. The van der Waals surface area contributed by atoms with Crippen LogP contribution in [0.5, 0.6) is 0 Å². The fourth-order valence-electron chi connectivity index (χ4n) is 10.4. The number of methoxy groups -OCH3 is 4. The van der Waals surface area contributed by atoms with Crippen LogP contribution in [0.1, 0.15) is 41.4 Å². The molecule has 0 aliphatic heterocycles. The topological polar surface area (TPSA) is 105 Å². The third kappa shape index (κ3) is 8.05. The largest absolute Gasteiger partial charge is 0.465 e. The molecule has 0 aromatic heterocycles. The zero-order chi connectivity index (χ0) is 48.6. The van der Waals surface area contributed by atoms with Crippen LogP contribution in [0.15, 0.2) is 84.9 Å². The van der Waals surface area contributed by atoms with Crippen LogP contribution < -0.4 is 20.7 Å². The Kier molecular flexibility index (Phi) is 12.6. The van der Waals surface area contributed by atoms with Crippen LogP contribution in [0, 0.1) is 0 Å². The SMILES string of the molecule is COC(=O)c1c(C(=O)OC)c([Si](C)(C)C)c2cc3c(-c4ccccc4)c4cc5c([Si](C)(C)C)c(C(=O)OC)c(C(=O)OC)c([Si](C)(C)C)c5cc4c(-c4ccccc4)c3cc2c1[Si](C)(C)C. The molecule has 7 rings (SSSR count). The highest BCUT2D eigenvalue weighted by Gasteiger charge is 2.41. The summed E-state index contributed by atoms with van der Waals surface area (Å²) >= 11 is 0. The number of fused-ring (bicyclic) bond motifs is 4. The van der Waals surface area contributed by atoms with E-state index in [2.05, 4.69) is 127 Å². The van der Waals surface area contributed by atoms with Gasteiger partial charge in [0.05, 0.1) is 83.0 Å². The lowest BCUT2D eigenvalue weighted by Gasteiger charge is -2.32. The average Bonchev–Trinajstić information content (AvgIpc) is 3.25. The van der Waals surface area contributed by atoms with Gasteiger partial charge in [0.2, 0.25) is 0 Å². The number of ether oxygens (including phenoxy) is 4. The van der Waals surface area contributed by atoms with Gasteiger partial charge in [-0.25, -0.2) is 19.2 Å². The van der Waals surface area contributed by atoms with E-state index in [1.165, 1.54) is 28.4 Å². The van der Waals surface area contributed by atoms with Crippen molar-refractivity contribution in [2.45, 2.75) is 78.6 Å². The molecule has 66 heavy (non-hydrogen) atoms. The molecule has 7 aromatic carbocycles. The number of hydrogen-bond donors (Lipinski definition) is 0. The summed E-state index contributed by atoms with van der Waals surface area (Å²) in [5.41, 5.74) is 5.13. The molecule has 0 amide bonds. The number of benzene rings is 7. The first-order chi connectivity index (χ1) is 30.8. The quantitative estimate of drug-likeness (QED) is 0.0578. The molecule has 0 N–H and O–H groups in total. The second-order valence-corrected chi connectivity index (χ2v) is 41.3. The maximum atomic E-state index is 14.3. The Labute approximate surface area is 392 Å². The Morgan fingerprint density at radius 2 is 0.515 bits per heavy atom. The molecule has 0 atom stereocenters. The van der Waals surface area contributed by atoms with E-state index < -0.39 is 56.2 Å². The van der Waals surface area contributed by atoms with E-state index in [1.54, 1.807) is 0 Å². The molecule has 342 valence electrons. The predicted molar refractivity (Wildman–Crippen MR) is 285 cm³/mol. The Balaban J connectivity index is 1.96. The van der Waals surface area contributed by atoms with Crippen LogP contribution in [0.25, 0.3) is 65.3 Å². The number of carbonyl (C=O) groups excluding carboxylic acids is 4. The van der Waals surface area contributed by atoms with E-state index in [9.17, 15) is 19.2 Å². The van der Waals surface area contributed by atoms with Gasteiger partial charge in [-0.05, 0) is 110 Å². The summed E-state index contributed by atoms with van der Waals surface area (Å²) in [7, 11) is -4.53. The summed E-state index contributed by atoms with van der Waals surface area (Å²) in [6.07, 6.45) is 0. The molecule has 0 unspecified atom stereocenters. The van der Waals surface area contributed by atoms with Gasteiger partial charge < -0.3 is 18.9 Å². The van der Waals surface area contributed by atoms with Crippen molar-refractivity contribution >= 4 is 120 Å². The zero-order valence-corrected chi connectivity index (χ0v) is 45.3. The molecule has 7 aromatic rings. The van der Waals surface area contributed by atoms with Gasteiger partial charge in [-0.15, -0.1) is 0 Å². The fourth-order valence-corrected chi connectivity index (χ4v) is 18.3. The average molecular weight is 951 g/mol. The highest BCUT2D eigenvalue weighted by molar-refractivity contribution is 6.95. The summed E-state index contributed by atoms with van der Waals surface area (Å²) in [4.78, 5) is 57.1. The van der Waals surface area contributed by atoms with Gasteiger partial charge >= 0.3 is 23.9 Å². The second kappa shape index (κ2) is 17.2. The molecule has 0 bridgehead atoms. The van der Waals surface area contributed by atoms with Crippen molar-refractivity contribution in [3.8, 4) is 22.3 Å². The Morgan fingerprint density at radius 1 is 0.318 bits per heavy atom. The lowest BCUT2D eigenvalue weighted by Crippen LogP contribution is -2.50. The second-order valence-electron chi connectivity index (χ2n) is 21.3. The van der Waals surface area contributed by atoms with E-state index in [1.807, 2.05) is 36.4 Å². The number of rotatable bonds is 10. The van der Waals surface area contributed by atoms with Crippen molar-refractivity contribution < 1.29 is 38.1 Å². The molecule has 8 nitrogen and oxygen atoms in total. The fraction of sp³-hybridized carbons (Fsp3) is 0.296. The lowest BCUT2D eigenvalue weighted by atomic mass is 9.83. The molecule has 0 heterocycles. The van der Waals surface area contributed by atoms with E-state index in [-0.39, 0.29) is 0 Å². The zero-order valence-electron chi connectivity index (χ0n) is 41.3. The van der Waals surface area contributed by atoms with Gasteiger partial charge in [-0.3, -0.25) is 0 Å². The first kappa shape index (κ1) is 48.3. The van der Waals surface area contributed by atoms with Gasteiger partial charge in [0, 0.05) is 0 Å². The Bertz CT molecular complexity index is 2780. The van der Waals surface area contributed by atoms with Crippen molar-refractivity contribution in [1.82, 2.24) is 0 Å². The molecule has 0 spiro atoms. The van der Waals surface area contributed by atoms with Crippen LogP contribution in [0.2, 0.25) is 78.6 Å². The molecule has 0 saturated heterocycles. The Morgan fingerprint density at radius 3 is 0.682 bits per heavy atom. The van der Waals surface area contributed by atoms with Crippen LogP contribution in [0.4, 0.5) is 0 Å². The van der Waals surface area contributed by atoms with Crippen LogP contribution in [-0.2, 0) is 18.9 Å². The maximum Gasteiger partial charge on any atom is 0.338 e. The van der Waals surface area contributed by atoms with Gasteiger partial charge in [-0.2, -0.15) is 0 Å². The molecule has 12 heteroatoms. The van der Waals surface area contributed by atoms with E-state index in [0.29, 0.717) is 22.3 Å². The maximum absolute atomic E-state index is 14.3. The third-order valence-corrected chi connectivity index (χ3v) is 20.7. The van der Waals surface area contributed by atoms with E-state index >= 15 is 0 Å². The monoisotopic (exact) mass is 950 g/mol. The van der Waals surface area contributed by atoms with Crippen LogP contribution in [-0.4, -0.2) is 84.6 Å². The predicted octanol–water partition coefficient (Wildman–Crippen LogP) is 11.0. The minimum atomic E-state index is -2.50. The van der Waals surface area contributed by atoms with Crippen molar-refractivity contribution in [3.05, 3.63) is 107 Å². The molecule has 0 aliphatic carbocycles. The van der Waals surface area contributed by atoms with Crippen LogP contribution >= 0.6 is 0 Å². The highest BCUT2D eigenvalue weighted by atomic mass is 28.3. The highest BCUT2D eigenvalue weighted by Crippen LogP contribution is 2.47.